The van der Waals surface area contributed by atoms with Gasteiger partial charge in [0.2, 0.25) is 0 Å². The van der Waals surface area contributed by atoms with E-state index in [-0.39, 0.29) is 23.8 Å². The lowest BCUT2D eigenvalue weighted by Gasteiger charge is -2.34. The number of fused-ring (bicyclic) bond motifs is 1. The van der Waals surface area contributed by atoms with Gasteiger partial charge in [-0.15, -0.1) is 0 Å². The van der Waals surface area contributed by atoms with Crippen LogP contribution >= 0.6 is 0 Å². The topological polar surface area (TPSA) is 136 Å². The highest BCUT2D eigenvalue weighted by molar-refractivity contribution is 6.06. The van der Waals surface area contributed by atoms with E-state index in [1.807, 2.05) is 32.9 Å². The lowest BCUT2D eigenvalue weighted by Crippen LogP contribution is -2.47. The summed E-state index contributed by atoms with van der Waals surface area (Å²) in [6.45, 7) is 12.2. The van der Waals surface area contributed by atoms with Gasteiger partial charge in [0.25, 0.3) is 5.91 Å². The summed E-state index contributed by atoms with van der Waals surface area (Å²) in [5.74, 6) is -0.0939. The monoisotopic (exact) mass is 561 g/mol. The highest BCUT2D eigenvalue weighted by atomic mass is 16.6. The van der Waals surface area contributed by atoms with Crippen LogP contribution in [0.25, 0.3) is 22.3 Å². The van der Waals surface area contributed by atoms with Crippen molar-refractivity contribution in [3.05, 3.63) is 47.8 Å². The molecule has 0 unspecified atom stereocenters. The SMILES string of the molecule is C[C@H]1CN(Cc2ccc(-c3cc(C(N)=O)c4ncnc(N[C@H]5CCCN(C(=O)OC(C)(C)C)C5)c4n3)cc2)CCO1. The Kier molecular flexibility index (Phi) is 8.37. The minimum atomic E-state index is -0.588. The molecule has 2 saturated heterocycles. The maximum atomic E-state index is 12.7. The molecule has 2 aromatic heterocycles. The van der Waals surface area contributed by atoms with Crippen molar-refractivity contribution in [2.75, 3.05) is 38.1 Å². The molecule has 0 radical (unpaired) electrons. The van der Waals surface area contributed by atoms with E-state index in [9.17, 15) is 9.59 Å². The predicted molar refractivity (Wildman–Crippen MR) is 156 cm³/mol. The van der Waals surface area contributed by atoms with Crippen molar-refractivity contribution in [2.45, 2.75) is 64.8 Å². The van der Waals surface area contributed by atoms with Gasteiger partial charge in [0.1, 0.15) is 23.0 Å². The molecule has 11 nitrogen and oxygen atoms in total. The van der Waals surface area contributed by atoms with Gasteiger partial charge in [0.05, 0.1) is 24.0 Å². The molecule has 2 fully saturated rings. The van der Waals surface area contributed by atoms with E-state index >= 15 is 0 Å². The molecule has 5 rings (SSSR count). The number of pyridine rings is 1. The number of nitrogens with zero attached hydrogens (tertiary/aromatic N) is 5. The van der Waals surface area contributed by atoms with Gasteiger partial charge in [0, 0.05) is 44.3 Å². The summed E-state index contributed by atoms with van der Waals surface area (Å²) in [7, 11) is 0. The highest BCUT2D eigenvalue weighted by Crippen LogP contribution is 2.28. The van der Waals surface area contributed by atoms with E-state index in [0.29, 0.717) is 35.6 Å². The average molecular weight is 562 g/mol. The number of carbonyl (C=O) groups excluding carboxylic acids is 2. The molecule has 0 spiro atoms. The second-order valence-electron chi connectivity index (χ2n) is 11.9. The normalized spacial score (nSPS) is 20.1. The van der Waals surface area contributed by atoms with Crippen molar-refractivity contribution in [2.24, 2.45) is 5.73 Å². The van der Waals surface area contributed by atoms with E-state index in [4.69, 9.17) is 20.2 Å². The van der Waals surface area contributed by atoms with Crippen molar-refractivity contribution in [3.8, 4) is 11.3 Å². The van der Waals surface area contributed by atoms with E-state index in [2.05, 4.69) is 39.2 Å². The number of rotatable bonds is 6. The van der Waals surface area contributed by atoms with Crippen molar-refractivity contribution >= 4 is 28.9 Å². The fourth-order valence-electron chi connectivity index (χ4n) is 5.33. The van der Waals surface area contributed by atoms with Crippen LogP contribution in [0.3, 0.4) is 0 Å². The first kappa shape index (κ1) is 28.7. The number of nitrogens with two attached hydrogens (primary N) is 1. The molecule has 0 bridgehead atoms. The van der Waals surface area contributed by atoms with Gasteiger partial charge in [-0.1, -0.05) is 24.3 Å². The lowest BCUT2D eigenvalue weighted by molar-refractivity contribution is -0.0212. The molecule has 0 aliphatic carbocycles. The second-order valence-corrected chi connectivity index (χ2v) is 11.9. The maximum absolute atomic E-state index is 12.7. The van der Waals surface area contributed by atoms with Crippen LogP contribution < -0.4 is 11.1 Å². The molecule has 4 heterocycles. The highest BCUT2D eigenvalue weighted by Gasteiger charge is 2.28. The van der Waals surface area contributed by atoms with Gasteiger partial charge < -0.3 is 25.4 Å². The Balaban J connectivity index is 1.39. The molecule has 11 heteroatoms. The zero-order valence-corrected chi connectivity index (χ0v) is 24.2. The third kappa shape index (κ3) is 7.09. The Labute approximate surface area is 240 Å². The Hall–Kier alpha value is -3.83. The number of hydrogen-bond acceptors (Lipinski definition) is 9. The number of carbonyl (C=O) groups is 2. The maximum Gasteiger partial charge on any atom is 0.410 e. The molecule has 2 aliphatic rings. The molecule has 0 saturated carbocycles. The number of amides is 2. The summed E-state index contributed by atoms with van der Waals surface area (Å²) < 4.78 is 11.2. The zero-order valence-electron chi connectivity index (χ0n) is 24.2. The number of nitrogens with one attached hydrogen (secondary N) is 1. The van der Waals surface area contributed by atoms with Crippen LogP contribution in [0.15, 0.2) is 36.7 Å². The van der Waals surface area contributed by atoms with Crippen LogP contribution in [0, 0.1) is 0 Å². The Morgan fingerprint density at radius 2 is 1.90 bits per heavy atom. The van der Waals surface area contributed by atoms with E-state index in [1.54, 1.807) is 11.0 Å². The molecular formula is C30H39N7O4. The standard InChI is InChI=1S/C30H39N7O4/c1-19-15-36(12-13-40-19)16-20-7-9-21(10-8-20)24-14-23(27(31)38)25-26(35-24)28(33-18-32-25)34-22-6-5-11-37(17-22)29(39)41-30(2,3)4/h7-10,14,18-19,22H,5-6,11-13,15-17H2,1-4H3,(H2,31,38)(H,32,33,34)/t19-,22-/m0/s1. The third-order valence-electron chi connectivity index (χ3n) is 7.25. The number of hydrogen-bond donors (Lipinski definition) is 2. The number of ether oxygens (including phenoxy) is 2. The van der Waals surface area contributed by atoms with Crippen molar-refractivity contribution in [1.29, 1.82) is 0 Å². The van der Waals surface area contributed by atoms with Crippen LogP contribution in [0.2, 0.25) is 0 Å². The molecule has 3 N–H and O–H groups in total. The Morgan fingerprint density at radius 1 is 1.12 bits per heavy atom. The summed E-state index contributed by atoms with van der Waals surface area (Å²) in [6.07, 6.45) is 2.96. The van der Waals surface area contributed by atoms with Gasteiger partial charge >= 0.3 is 6.09 Å². The van der Waals surface area contributed by atoms with Crippen LogP contribution in [-0.4, -0.2) is 87.3 Å². The van der Waals surface area contributed by atoms with Gasteiger partial charge in [-0.05, 0) is 52.2 Å². The second kappa shape index (κ2) is 12.0. The van der Waals surface area contributed by atoms with Crippen molar-refractivity contribution in [1.82, 2.24) is 24.8 Å². The van der Waals surface area contributed by atoms with Crippen LogP contribution in [0.4, 0.5) is 10.6 Å². The first-order chi connectivity index (χ1) is 19.6. The fraction of sp³-hybridized carbons (Fsp3) is 0.500. The van der Waals surface area contributed by atoms with Crippen LogP contribution in [-0.2, 0) is 16.0 Å². The number of piperidine rings is 1. The zero-order chi connectivity index (χ0) is 29.1. The van der Waals surface area contributed by atoms with Gasteiger partial charge in [-0.25, -0.2) is 19.7 Å². The summed E-state index contributed by atoms with van der Waals surface area (Å²) >= 11 is 0. The van der Waals surface area contributed by atoms with Crippen LogP contribution in [0.5, 0.6) is 0 Å². The Morgan fingerprint density at radius 3 is 2.61 bits per heavy atom. The number of anilines is 1. The minimum absolute atomic E-state index is 0.0703. The van der Waals surface area contributed by atoms with Crippen molar-refractivity contribution in [3.63, 3.8) is 0 Å². The number of likely N-dealkylation sites (tertiary alicyclic amines) is 1. The first-order valence-corrected chi connectivity index (χ1v) is 14.2. The smallest absolute Gasteiger partial charge is 0.410 e. The van der Waals surface area contributed by atoms with Gasteiger partial charge in [0.15, 0.2) is 5.82 Å². The molecule has 218 valence electrons. The van der Waals surface area contributed by atoms with Gasteiger partial charge in [-0.3, -0.25) is 9.69 Å². The molecular weight excluding hydrogens is 522 g/mol. The summed E-state index contributed by atoms with van der Waals surface area (Å²) in [5, 5.41) is 3.44. The number of benzene rings is 1. The van der Waals surface area contributed by atoms with E-state index in [1.165, 1.54) is 11.9 Å². The predicted octanol–water partition coefficient (Wildman–Crippen LogP) is 3.82. The first-order valence-electron chi connectivity index (χ1n) is 14.2. The molecule has 1 aromatic carbocycles. The average Bonchev–Trinajstić information content (AvgIpc) is 2.92. The third-order valence-corrected chi connectivity index (χ3v) is 7.25. The quantitative estimate of drug-likeness (QED) is 0.460. The molecule has 2 aliphatic heterocycles. The molecule has 41 heavy (non-hydrogen) atoms. The lowest BCUT2D eigenvalue weighted by atomic mass is 10.0. The fourth-order valence-corrected chi connectivity index (χ4v) is 5.33. The number of morpholine rings is 1. The van der Waals surface area contributed by atoms with E-state index < -0.39 is 11.5 Å². The van der Waals surface area contributed by atoms with Crippen molar-refractivity contribution < 1.29 is 19.1 Å². The minimum Gasteiger partial charge on any atom is -0.444 e. The molecule has 2 amide bonds. The number of primary amides is 1. The van der Waals surface area contributed by atoms with Crippen LogP contribution in [0.1, 0.15) is 56.5 Å². The summed E-state index contributed by atoms with van der Waals surface area (Å²) in [4.78, 5) is 42.9. The summed E-state index contributed by atoms with van der Waals surface area (Å²) in [5.41, 5.74) is 8.99. The van der Waals surface area contributed by atoms with E-state index in [0.717, 1.165) is 44.6 Å². The number of aromatic nitrogens is 3. The van der Waals surface area contributed by atoms with Gasteiger partial charge in [-0.2, -0.15) is 0 Å². The molecule has 2 atom stereocenters. The largest absolute Gasteiger partial charge is 0.444 e. The molecule has 3 aromatic rings. The summed E-state index contributed by atoms with van der Waals surface area (Å²) in [6, 6.07) is 9.80. The Bertz CT molecular complexity index is 1410.